The van der Waals surface area contributed by atoms with Crippen molar-refractivity contribution in [2.24, 2.45) is 17.8 Å². The third-order valence-electron chi connectivity index (χ3n) is 11.0. The largest absolute Gasteiger partial charge is 0.490 e. The maximum Gasteiger partial charge on any atom is 0.262 e. The summed E-state index contributed by atoms with van der Waals surface area (Å²) in [6, 6.07) is 11.7. The molecular formula is C37H49ClN2O5S. The maximum absolute atomic E-state index is 13.8. The number of nitrogens with one attached hydrogen (secondary N) is 1. The highest BCUT2D eigenvalue weighted by molar-refractivity contribution is 7.99. The van der Waals surface area contributed by atoms with E-state index in [1.165, 1.54) is 11.1 Å². The van der Waals surface area contributed by atoms with Crippen molar-refractivity contribution in [1.29, 1.82) is 0 Å². The van der Waals surface area contributed by atoms with Crippen molar-refractivity contribution in [2.45, 2.75) is 88.6 Å². The minimum absolute atomic E-state index is 0.00713. The average molecular weight is 669 g/mol. The van der Waals surface area contributed by atoms with Crippen molar-refractivity contribution in [2.75, 3.05) is 31.2 Å². The fourth-order valence-corrected chi connectivity index (χ4v) is 9.60. The highest BCUT2D eigenvalue weighted by atomic mass is 35.5. The standard InChI is InChI=1S/C37H49ClN2O5S/c1-24(2)44-23-37(42)17-6-8-25(3)26(4)46(5,43)39-35(41)28-11-15-34-33(19-28)40(20-29-10-13-32(29)37)21-36(22-45-34)16-7-9-27-18-30(38)12-14-31(27)36/h6,11-12,14-15,17-19,24-26,29,32,42H,5,7-10,13,16,20-23H2,1-4H3,(H,39,41,43)/b17-6+/t25-,26+,29-,32+,36-,37-,46?/m0/s1. The van der Waals surface area contributed by atoms with Crippen molar-refractivity contribution in [3.8, 4) is 5.75 Å². The van der Waals surface area contributed by atoms with Crippen molar-refractivity contribution in [3.63, 3.8) is 0 Å². The van der Waals surface area contributed by atoms with Crippen LogP contribution in [-0.4, -0.2) is 64.4 Å². The smallest absolute Gasteiger partial charge is 0.262 e. The summed E-state index contributed by atoms with van der Waals surface area (Å²) in [6.07, 6.45) is 9.39. The number of halogens is 1. The van der Waals surface area contributed by atoms with Gasteiger partial charge in [-0.05, 0) is 124 Å². The number of carbonyl (C=O) groups excluding carboxylic acids is 1. The van der Waals surface area contributed by atoms with Crippen LogP contribution in [0.4, 0.5) is 5.69 Å². The number of anilines is 1. The van der Waals surface area contributed by atoms with Gasteiger partial charge in [0.25, 0.3) is 5.91 Å². The number of benzene rings is 2. The van der Waals surface area contributed by atoms with Crippen molar-refractivity contribution in [3.05, 3.63) is 70.3 Å². The van der Waals surface area contributed by atoms with Gasteiger partial charge in [-0.15, -0.1) is 0 Å². The Morgan fingerprint density at radius 1 is 1.22 bits per heavy atom. The minimum Gasteiger partial charge on any atom is -0.490 e. The maximum atomic E-state index is 13.8. The lowest BCUT2D eigenvalue weighted by Gasteiger charge is -2.49. The van der Waals surface area contributed by atoms with Crippen molar-refractivity contribution < 1.29 is 23.6 Å². The average Bonchev–Trinajstić information content (AvgIpc) is 3.14. The number of allylic oxidation sites excluding steroid dienone is 1. The molecule has 0 aromatic heterocycles. The molecule has 2 bridgehead atoms. The first-order chi connectivity index (χ1) is 21.8. The number of amides is 1. The molecule has 2 N–H and O–H groups in total. The van der Waals surface area contributed by atoms with Gasteiger partial charge >= 0.3 is 0 Å². The minimum atomic E-state index is -2.97. The number of rotatable bonds is 3. The summed E-state index contributed by atoms with van der Waals surface area (Å²) in [5.41, 5.74) is 2.42. The van der Waals surface area contributed by atoms with Gasteiger partial charge in [-0.3, -0.25) is 9.52 Å². The Labute approximate surface area is 279 Å². The molecule has 2 aromatic carbocycles. The van der Waals surface area contributed by atoms with Crippen LogP contribution in [0.3, 0.4) is 0 Å². The van der Waals surface area contributed by atoms with Gasteiger partial charge in [0.05, 0.1) is 34.7 Å². The van der Waals surface area contributed by atoms with Crippen LogP contribution in [0, 0.1) is 17.8 Å². The Morgan fingerprint density at radius 3 is 2.76 bits per heavy atom. The SMILES string of the molecule is C=S1(=O)NC(=O)c2ccc3c(c2)N(C[C@@H]2CC[C@H]2[C@@](O)(COC(C)C)/C=C/C[C@H](C)[C@H]1C)C[C@@]1(CCCc2cc(Cl)ccc21)CO3. The molecule has 0 saturated heterocycles. The number of ether oxygens (including phenoxy) is 2. The van der Waals surface area contributed by atoms with Gasteiger partial charge < -0.3 is 19.5 Å². The lowest BCUT2D eigenvalue weighted by Crippen LogP contribution is -2.54. The normalized spacial score (nSPS) is 35.3. The molecule has 9 heteroatoms. The van der Waals surface area contributed by atoms with E-state index in [4.69, 9.17) is 21.1 Å². The first-order valence-corrected chi connectivity index (χ1v) is 19.0. The second-order valence-corrected chi connectivity index (χ2v) is 17.4. The fraction of sp³-hybridized carbons (Fsp3) is 0.568. The van der Waals surface area contributed by atoms with E-state index >= 15 is 0 Å². The van der Waals surface area contributed by atoms with Crippen LogP contribution in [-0.2, 0) is 26.3 Å². The quantitative estimate of drug-likeness (QED) is 0.293. The zero-order chi connectivity index (χ0) is 32.9. The van der Waals surface area contributed by atoms with E-state index in [1.54, 1.807) is 6.07 Å². The van der Waals surface area contributed by atoms with Crippen LogP contribution in [0.15, 0.2) is 48.6 Å². The predicted octanol–water partition coefficient (Wildman–Crippen LogP) is 6.34. The molecule has 4 aliphatic rings. The Bertz CT molecular complexity index is 1610. The van der Waals surface area contributed by atoms with Gasteiger partial charge in [-0.25, -0.2) is 4.21 Å². The molecule has 0 radical (unpaired) electrons. The lowest BCUT2D eigenvalue weighted by molar-refractivity contribution is -0.106. The highest BCUT2D eigenvalue weighted by Crippen LogP contribution is 2.48. The van der Waals surface area contributed by atoms with E-state index in [0.29, 0.717) is 31.7 Å². The van der Waals surface area contributed by atoms with Gasteiger partial charge in [0.15, 0.2) is 0 Å². The third kappa shape index (κ3) is 6.47. The van der Waals surface area contributed by atoms with E-state index in [-0.39, 0.29) is 41.1 Å². The molecule has 1 spiro atoms. The Morgan fingerprint density at radius 2 is 2.02 bits per heavy atom. The highest BCUT2D eigenvalue weighted by Gasteiger charge is 2.48. The number of carbonyl (C=O) groups is 1. The molecule has 2 aromatic rings. The molecule has 2 heterocycles. The van der Waals surface area contributed by atoms with Crippen LogP contribution < -0.4 is 14.4 Å². The Balaban J connectivity index is 1.44. The van der Waals surface area contributed by atoms with Gasteiger partial charge in [0.2, 0.25) is 0 Å². The Kier molecular flexibility index (Phi) is 9.31. The van der Waals surface area contributed by atoms with Crippen LogP contribution in [0.1, 0.15) is 81.3 Å². The van der Waals surface area contributed by atoms with E-state index in [0.717, 1.165) is 48.6 Å². The van der Waals surface area contributed by atoms with E-state index in [1.807, 2.05) is 58.0 Å². The molecule has 7 atom stereocenters. The molecule has 46 heavy (non-hydrogen) atoms. The van der Waals surface area contributed by atoms with E-state index in [9.17, 15) is 14.1 Å². The number of fused-ring (bicyclic) bond motifs is 4. The van der Waals surface area contributed by atoms with Crippen LogP contribution >= 0.6 is 11.6 Å². The zero-order valence-corrected chi connectivity index (χ0v) is 29.2. The summed E-state index contributed by atoms with van der Waals surface area (Å²) < 4.78 is 29.3. The number of aryl methyl sites for hydroxylation is 1. The van der Waals surface area contributed by atoms with Gasteiger partial charge in [-0.1, -0.05) is 36.7 Å². The summed E-state index contributed by atoms with van der Waals surface area (Å²) in [7, 11) is -2.97. The third-order valence-corrected chi connectivity index (χ3v) is 13.5. The van der Waals surface area contributed by atoms with Crippen LogP contribution in [0.2, 0.25) is 5.02 Å². The summed E-state index contributed by atoms with van der Waals surface area (Å²) in [6.45, 7) is 10.0. The van der Waals surface area contributed by atoms with Crippen LogP contribution in [0.25, 0.3) is 0 Å². The van der Waals surface area contributed by atoms with E-state index < -0.39 is 21.2 Å². The van der Waals surface area contributed by atoms with Gasteiger partial charge in [-0.2, -0.15) is 0 Å². The molecule has 2 aliphatic carbocycles. The van der Waals surface area contributed by atoms with Crippen molar-refractivity contribution in [1.82, 2.24) is 4.72 Å². The first kappa shape index (κ1) is 33.4. The number of hydrogen-bond acceptors (Lipinski definition) is 6. The summed E-state index contributed by atoms with van der Waals surface area (Å²) >= 11 is 6.44. The van der Waals surface area contributed by atoms with Crippen LogP contribution in [0.5, 0.6) is 5.75 Å². The molecule has 1 amide bonds. The van der Waals surface area contributed by atoms with Gasteiger partial charge in [0.1, 0.15) is 11.4 Å². The second-order valence-electron chi connectivity index (χ2n) is 14.6. The topological polar surface area (TPSA) is 88.1 Å². The molecule has 250 valence electrons. The molecule has 1 unspecified atom stereocenters. The Hall–Kier alpha value is -2.52. The first-order valence-electron chi connectivity index (χ1n) is 16.8. The molecule has 1 saturated carbocycles. The van der Waals surface area contributed by atoms with Gasteiger partial charge in [0, 0.05) is 34.3 Å². The monoisotopic (exact) mass is 668 g/mol. The zero-order valence-electron chi connectivity index (χ0n) is 27.6. The molecule has 7 nitrogen and oxygen atoms in total. The second kappa shape index (κ2) is 12.8. The summed E-state index contributed by atoms with van der Waals surface area (Å²) in [4.78, 5) is 16.0. The number of nitrogens with zero attached hydrogens (tertiary/aromatic N) is 1. The lowest BCUT2D eigenvalue weighted by atomic mass is 9.64. The van der Waals surface area contributed by atoms with E-state index in [2.05, 4.69) is 27.6 Å². The molecule has 6 rings (SSSR count). The summed E-state index contributed by atoms with van der Waals surface area (Å²) in [5.74, 6) is 4.48. The number of aliphatic hydroxyl groups is 1. The molecule has 2 aliphatic heterocycles. The molecular weight excluding hydrogens is 620 g/mol. The number of hydrogen-bond donors (Lipinski definition) is 2. The fourth-order valence-electron chi connectivity index (χ4n) is 7.93. The summed E-state index contributed by atoms with van der Waals surface area (Å²) in [5, 5.41) is 12.6. The predicted molar refractivity (Wildman–Crippen MR) is 188 cm³/mol. The molecule has 1 fully saturated rings. The van der Waals surface area contributed by atoms with Crippen molar-refractivity contribution >= 4 is 38.8 Å².